The second-order valence-electron chi connectivity index (χ2n) is 6.37. The van der Waals surface area contributed by atoms with Crippen molar-refractivity contribution in [3.8, 4) is 17.1 Å². The van der Waals surface area contributed by atoms with Gasteiger partial charge in [0.15, 0.2) is 5.65 Å². The maximum atomic E-state index is 9.64. The van der Waals surface area contributed by atoms with Gasteiger partial charge in [-0.1, -0.05) is 0 Å². The molecule has 2 N–H and O–H groups in total. The van der Waals surface area contributed by atoms with Crippen molar-refractivity contribution in [2.24, 2.45) is 0 Å². The third-order valence-corrected chi connectivity index (χ3v) is 4.65. The molecule has 3 aromatic rings. The maximum absolute atomic E-state index is 9.64. The first-order valence-electron chi connectivity index (χ1n) is 8.53. The first-order chi connectivity index (χ1) is 12.2. The van der Waals surface area contributed by atoms with E-state index in [2.05, 4.69) is 15.3 Å². The number of methoxy groups -OCH3 is 1. The number of rotatable bonds is 4. The number of ether oxygens (including phenoxy) is 1. The van der Waals surface area contributed by atoms with E-state index in [9.17, 15) is 5.11 Å². The molecule has 1 aliphatic rings. The molecule has 0 spiro atoms. The second-order valence-corrected chi connectivity index (χ2v) is 6.37. The van der Waals surface area contributed by atoms with Gasteiger partial charge in [-0.25, -0.2) is 14.5 Å². The van der Waals surface area contributed by atoms with Gasteiger partial charge >= 0.3 is 0 Å². The molecular weight excluding hydrogens is 318 g/mol. The molecule has 0 aliphatic heterocycles. The standard InChI is InChI=1S/C18H21N5O2/c1-25-18-10-12(8-9-19-18)15-11-20-17-7-6-16(22-23(15)17)21-13-2-4-14(24)5-3-13/h6-11,13-14,24H,2-5H2,1H3,(H,21,22)/t13-,14-. The van der Waals surface area contributed by atoms with Crippen LogP contribution in [-0.2, 0) is 0 Å². The van der Waals surface area contributed by atoms with Gasteiger partial charge in [0.25, 0.3) is 0 Å². The molecule has 1 fully saturated rings. The average Bonchev–Trinajstić information content (AvgIpc) is 3.07. The van der Waals surface area contributed by atoms with Crippen LogP contribution in [-0.4, -0.2) is 43.9 Å². The number of nitrogens with zero attached hydrogens (tertiary/aromatic N) is 4. The van der Waals surface area contributed by atoms with E-state index in [4.69, 9.17) is 9.84 Å². The molecule has 130 valence electrons. The zero-order chi connectivity index (χ0) is 17.2. The Morgan fingerprint density at radius 1 is 1.16 bits per heavy atom. The highest BCUT2D eigenvalue weighted by molar-refractivity contribution is 5.64. The summed E-state index contributed by atoms with van der Waals surface area (Å²) in [6.07, 6.45) is 6.95. The van der Waals surface area contributed by atoms with Crippen LogP contribution in [0, 0.1) is 0 Å². The molecule has 3 aromatic heterocycles. The van der Waals surface area contributed by atoms with E-state index in [1.807, 2.05) is 28.8 Å². The van der Waals surface area contributed by atoms with Gasteiger partial charge in [-0.2, -0.15) is 0 Å². The molecule has 1 saturated carbocycles. The minimum Gasteiger partial charge on any atom is -0.481 e. The van der Waals surface area contributed by atoms with Gasteiger partial charge in [-0.15, -0.1) is 5.10 Å². The summed E-state index contributed by atoms with van der Waals surface area (Å²) < 4.78 is 7.03. The number of aliphatic hydroxyl groups excluding tert-OH is 1. The van der Waals surface area contributed by atoms with E-state index in [0.29, 0.717) is 11.9 Å². The fourth-order valence-electron chi connectivity index (χ4n) is 3.26. The van der Waals surface area contributed by atoms with Gasteiger partial charge < -0.3 is 15.2 Å². The van der Waals surface area contributed by atoms with Crippen LogP contribution in [0.15, 0.2) is 36.7 Å². The lowest BCUT2D eigenvalue weighted by atomic mass is 9.93. The molecule has 0 unspecified atom stereocenters. The smallest absolute Gasteiger partial charge is 0.213 e. The van der Waals surface area contributed by atoms with Crippen LogP contribution in [0.2, 0.25) is 0 Å². The van der Waals surface area contributed by atoms with Gasteiger partial charge in [0.1, 0.15) is 5.82 Å². The molecule has 0 atom stereocenters. The Hall–Kier alpha value is -2.67. The van der Waals surface area contributed by atoms with E-state index in [1.54, 1.807) is 19.5 Å². The van der Waals surface area contributed by atoms with Crippen LogP contribution < -0.4 is 10.1 Å². The Labute approximate surface area is 145 Å². The number of fused-ring (bicyclic) bond motifs is 1. The van der Waals surface area contributed by atoms with Gasteiger partial charge in [0.2, 0.25) is 5.88 Å². The summed E-state index contributed by atoms with van der Waals surface area (Å²) in [6.45, 7) is 0. The fourth-order valence-corrected chi connectivity index (χ4v) is 3.26. The second kappa shape index (κ2) is 6.68. The van der Waals surface area contributed by atoms with Gasteiger partial charge in [-0.3, -0.25) is 0 Å². The number of aromatic nitrogens is 4. The van der Waals surface area contributed by atoms with E-state index < -0.39 is 0 Å². The molecule has 1 aliphatic carbocycles. The van der Waals surface area contributed by atoms with Crippen LogP contribution in [0.3, 0.4) is 0 Å². The summed E-state index contributed by atoms with van der Waals surface area (Å²) in [4.78, 5) is 8.57. The number of nitrogens with one attached hydrogen (secondary N) is 1. The number of aliphatic hydroxyl groups is 1. The summed E-state index contributed by atoms with van der Waals surface area (Å²) in [5.41, 5.74) is 2.62. The predicted octanol–water partition coefficient (Wildman–Crippen LogP) is 2.52. The summed E-state index contributed by atoms with van der Waals surface area (Å²) in [5.74, 6) is 1.37. The molecule has 4 rings (SSSR count). The van der Waals surface area contributed by atoms with Crippen LogP contribution >= 0.6 is 0 Å². The van der Waals surface area contributed by atoms with Crippen molar-refractivity contribution in [2.45, 2.75) is 37.8 Å². The van der Waals surface area contributed by atoms with Gasteiger partial charge in [0, 0.05) is 23.9 Å². The van der Waals surface area contributed by atoms with Crippen molar-refractivity contribution >= 4 is 11.5 Å². The van der Waals surface area contributed by atoms with Crippen LogP contribution in [0.25, 0.3) is 16.9 Å². The molecule has 25 heavy (non-hydrogen) atoms. The van der Waals surface area contributed by atoms with Crippen LogP contribution in [0.5, 0.6) is 5.88 Å². The Morgan fingerprint density at radius 3 is 2.80 bits per heavy atom. The van der Waals surface area contributed by atoms with Crippen molar-refractivity contribution in [1.82, 2.24) is 19.6 Å². The van der Waals surface area contributed by atoms with Crippen molar-refractivity contribution in [2.75, 3.05) is 12.4 Å². The summed E-state index contributed by atoms with van der Waals surface area (Å²) >= 11 is 0. The molecule has 0 radical (unpaired) electrons. The monoisotopic (exact) mass is 339 g/mol. The van der Waals surface area contributed by atoms with Crippen LogP contribution in [0.1, 0.15) is 25.7 Å². The summed E-state index contributed by atoms with van der Waals surface area (Å²) in [5, 5.41) is 17.8. The molecule has 0 bridgehead atoms. The third kappa shape index (κ3) is 3.28. The fraction of sp³-hybridized carbons (Fsp3) is 0.389. The SMILES string of the molecule is COc1cc(-c2cnc3ccc(N[C@H]4CC[C@H](O)CC4)nn23)ccn1. The van der Waals surface area contributed by atoms with E-state index in [-0.39, 0.29) is 6.10 Å². The molecule has 0 amide bonds. The maximum Gasteiger partial charge on any atom is 0.213 e. The Bertz CT molecular complexity index is 871. The minimum atomic E-state index is -0.157. The summed E-state index contributed by atoms with van der Waals surface area (Å²) in [7, 11) is 1.60. The number of pyridine rings is 1. The van der Waals surface area contributed by atoms with Gasteiger partial charge in [-0.05, 0) is 43.9 Å². The molecule has 3 heterocycles. The lowest BCUT2D eigenvalue weighted by Gasteiger charge is -2.26. The lowest BCUT2D eigenvalue weighted by molar-refractivity contribution is 0.126. The van der Waals surface area contributed by atoms with Crippen molar-refractivity contribution in [3.05, 3.63) is 36.7 Å². The Morgan fingerprint density at radius 2 is 2.00 bits per heavy atom. The highest BCUT2D eigenvalue weighted by Gasteiger charge is 2.19. The van der Waals surface area contributed by atoms with Gasteiger partial charge in [0.05, 0.1) is 25.1 Å². The highest BCUT2D eigenvalue weighted by Crippen LogP contribution is 2.25. The van der Waals surface area contributed by atoms with E-state index in [1.165, 1.54) is 0 Å². The lowest BCUT2D eigenvalue weighted by Crippen LogP contribution is -2.28. The quantitative estimate of drug-likeness (QED) is 0.760. The molecule has 7 heteroatoms. The molecule has 0 aromatic carbocycles. The summed E-state index contributed by atoms with van der Waals surface area (Å²) in [6, 6.07) is 8.03. The Balaban J connectivity index is 1.63. The number of imidazole rings is 1. The first kappa shape index (κ1) is 15.8. The number of hydrogen-bond acceptors (Lipinski definition) is 6. The average molecular weight is 339 g/mol. The zero-order valence-corrected chi connectivity index (χ0v) is 14.1. The van der Waals surface area contributed by atoms with Crippen molar-refractivity contribution in [3.63, 3.8) is 0 Å². The predicted molar refractivity (Wildman–Crippen MR) is 94.7 cm³/mol. The molecular formula is C18H21N5O2. The number of hydrogen-bond donors (Lipinski definition) is 2. The topological polar surface area (TPSA) is 84.6 Å². The Kier molecular flexibility index (Phi) is 4.23. The van der Waals surface area contributed by atoms with Crippen molar-refractivity contribution in [1.29, 1.82) is 0 Å². The third-order valence-electron chi connectivity index (χ3n) is 4.65. The highest BCUT2D eigenvalue weighted by atomic mass is 16.5. The molecule has 7 nitrogen and oxygen atoms in total. The molecule has 0 saturated heterocycles. The van der Waals surface area contributed by atoms with Crippen LogP contribution in [0.4, 0.5) is 5.82 Å². The van der Waals surface area contributed by atoms with Crippen molar-refractivity contribution < 1.29 is 9.84 Å². The van der Waals surface area contributed by atoms with E-state index >= 15 is 0 Å². The zero-order valence-electron chi connectivity index (χ0n) is 14.1. The first-order valence-corrected chi connectivity index (χ1v) is 8.53. The normalized spacial score (nSPS) is 20.6. The number of anilines is 1. The largest absolute Gasteiger partial charge is 0.481 e. The minimum absolute atomic E-state index is 0.157. The van der Waals surface area contributed by atoms with E-state index in [0.717, 1.165) is 48.4 Å².